The van der Waals surface area contributed by atoms with Crippen LogP contribution in [0, 0.1) is 0 Å². The molecule has 0 spiro atoms. The van der Waals surface area contributed by atoms with Crippen LogP contribution in [0.25, 0.3) is 0 Å². The maximum Gasteiger partial charge on any atom is 0.326 e. The van der Waals surface area contributed by atoms with Gasteiger partial charge in [-0.1, -0.05) is 24.3 Å². The van der Waals surface area contributed by atoms with E-state index in [2.05, 4.69) is 5.32 Å². The summed E-state index contributed by atoms with van der Waals surface area (Å²) in [4.78, 5) is 35.2. The first-order valence-corrected chi connectivity index (χ1v) is 7.99. The highest BCUT2D eigenvalue weighted by Gasteiger charge is 2.39. The molecule has 2 aromatic carbocycles. The van der Waals surface area contributed by atoms with Crippen LogP contribution in [0.4, 0.5) is 0 Å². The van der Waals surface area contributed by atoms with Gasteiger partial charge in [0.1, 0.15) is 17.5 Å². The fourth-order valence-electron chi connectivity index (χ4n) is 2.70. The molecule has 0 aliphatic rings. The molecular weight excluding hydrogens is 354 g/mol. The number of aliphatic carboxylic acids is 2. The number of amides is 1. The monoisotopic (exact) mass is 373 g/mol. The average molecular weight is 373 g/mol. The predicted molar refractivity (Wildman–Crippen MR) is 94.5 cm³/mol. The first-order valence-electron chi connectivity index (χ1n) is 7.99. The van der Waals surface area contributed by atoms with E-state index in [0.717, 1.165) is 0 Å². The molecule has 0 saturated carbocycles. The van der Waals surface area contributed by atoms with Gasteiger partial charge in [-0.2, -0.15) is 0 Å². The van der Waals surface area contributed by atoms with Gasteiger partial charge in [-0.3, -0.25) is 9.59 Å². The Bertz CT molecular complexity index is 798. The van der Waals surface area contributed by atoms with Crippen molar-refractivity contribution in [2.24, 2.45) is 0 Å². The second kappa shape index (κ2) is 7.77. The van der Waals surface area contributed by atoms with Crippen molar-refractivity contribution < 1.29 is 34.8 Å². The number of carboxylic acids is 2. The third-order valence-electron chi connectivity index (χ3n) is 4.33. The lowest BCUT2D eigenvalue weighted by Gasteiger charge is -2.31. The average Bonchev–Trinajstić information content (AvgIpc) is 2.61. The van der Waals surface area contributed by atoms with Gasteiger partial charge in [0.05, 0.1) is 11.8 Å². The highest BCUT2D eigenvalue weighted by Crippen LogP contribution is 2.34. The second-order valence-electron chi connectivity index (χ2n) is 6.18. The van der Waals surface area contributed by atoms with E-state index in [4.69, 9.17) is 5.11 Å². The second-order valence-corrected chi connectivity index (χ2v) is 6.18. The van der Waals surface area contributed by atoms with Crippen molar-refractivity contribution in [1.82, 2.24) is 5.32 Å². The number of benzene rings is 2. The summed E-state index contributed by atoms with van der Waals surface area (Å²) in [5, 5.41) is 39.4. The molecule has 27 heavy (non-hydrogen) atoms. The van der Waals surface area contributed by atoms with Crippen LogP contribution < -0.4 is 5.32 Å². The van der Waals surface area contributed by atoms with Crippen LogP contribution in [0.15, 0.2) is 48.5 Å². The van der Waals surface area contributed by atoms with E-state index in [-0.39, 0.29) is 11.5 Å². The van der Waals surface area contributed by atoms with Gasteiger partial charge in [0, 0.05) is 0 Å². The van der Waals surface area contributed by atoms with Crippen molar-refractivity contribution in [3.63, 3.8) is 0 Å². The van der Waals surface area contributed by atoms with Gasteiger partial charge < -0.3 is 25.7 Å². The summed E-state index contributed by atoms with van der Waals surface area (Å²) in [7, 11) is 0. The van der Waals surface area contributed by atoms with Crippen molar-refractivity contribution in [1.29, 1.82) is 0 Å². The number of aromatic hydroxyl groups is 2. The summed E-state index contributed by atoms with van der Waals surface area (Å²) in [5.41, 5.74) is -0.501. The Labute approximate surface area is 154 Å². The molecule has 0 fully saturated rings. The maximum absolute atomic E-state index is 13.0. The fraction of sp³-hybridized carbons (Fsp3) is 0.211. The zero-order chi connectivity index (χ0) is 20.2. The summed E-state index contributed by atoms with van der Waals surface area (Å²) >= 11 is 0. The Morgan fingerprint density at radius 3 is 1.63 bits per heavy atom. The molecule has 8 heteroatoms. The standard InChI is InChI=1S/C19H19NO7/c1-19(11-2-6-13(21)7-3-11,12-4-8-14(22)9-5-12)18(27)20-15(17(25)26)10-16(23)24/h2-9,15,21-22H,10H2,1H3,(H,20,27)(H,23,24)(H,25,26)/t15-/m0/s1. The number of carboxylic acid groups (broad SMARTS) is 2. The molecule has 0 heterocycles. The van der Waals surface area contributed by atoms with Crippen LogP contribution in [0.1, 0.15) is 24.5 Å². The lowest BCUT2D eigenvalue weighted by molar-refractivity contribution is -0.147. The molecule has 2 aromatic rings. The van der Waals surface area contributed by atoms with Gasteiger partial charge in [-0.05, 0) is 42.3 Å². The summed E-state index contributed by atoms with van der Waals surface area (Å²) in [6.07, 6.45) is -0.775. The number of hydrogen-bond donors (Lipinski definition) is 5. The van der Waals surface area contributed by atoms with Gasteiger partial charge >= 0.3 is 11.9 Å². The third-order valence-corrected chi connectivity index (χ3v) is 4.33. The fourth-order valence-corrected chi connectivity index (χ4v) is 2.70. The first kappa shape index (κ1) is 19.8. The van der Waals surface area contributed by atoms with Gasteiger partial charge in [0.15, 0.2) is 0 Å². The minimum Gasteiger partial charge on any atom is -0.508 e. The number of phenols is 2. The predicted octanol–water partition coefficient (Wildman–Crippen LogP) is 1.45. The van der Waals surface area contributed by atoms with Gasteiger partial charge in [0.2, 0.25) is 5.91 Å². The Morgan fingerprint density at radius 2 is 1.30 bits per heavy atom. The molecule has 0 radical (unpaired) electrons. The molecule has 1 atom stereocenters. The van der Waals surface area contributed by atoms with Crippen molar-refractivity contribution in [3.05, 3.63) is 59.7 Å². The highest BCUT2D eigenvalue weighted by atomic mass is 16.4. The van der Waals surface area contributed by atoms with Gasteiger partial charge in [0.25, 0.3) is 0 Å². The lowest BCUT2D eigenvalue weighted by Crippen LogP contribution is -2.50. The van der Waals surface area contributed by atoms with Gasteiger partial charge in [-0.15, -0.1) is 0 Å². The van der Waals surface area contributed by atoms with Crippen LogP contribution in [0.3, 0.4) is 0 Å². The third kappa shape index (κ3) is 4.35. The normalized spacial score (nSPS) is 12.2. The van der Waals surface area contributed by atoms with E-state index in [1.807, 2.05) is 0 Å². The summed E-state index contributed by atoms with van der Waals surface area (Å²) in [6.45, 7) is 1.54. The largest absolute Gasteiger partial charge is 0.508 e. The van der Waals surface area contributed by atoms with E-state index >= 15 is 0 Å². The quantitative estimate of drug-likeness (QED) is 0.494. The topological polar surface area (TPSA) is 144 Å². The smallest absolute Gasteiger partial charge is 0.326 e. The number of rotatable bonds is 7. The van der Waals surface area contributed by atoms with Crippen LogP contribution in [-0.4, -0.2) is 44.3 Å². The van der Waals surface area contributed by atoms with Crippen molar-refractivity contribution in [2.75, 3.05) is 0 Å². The minimum absolute atomic E-state index is 0.0125. The van der Waals surface area contributed by atoms with Crippen molar-refractivity contribution in [2.45, 2.75) is 24.8 Å². The van der Waals surface area contributed by atoms with E-state index in [0.29, 0.717) is 11.1 Å². The highest BCUT2D eigenvalue weighted by molar-refractivity contribution is 5.95. The van der Waals surface area contributed by atoms with Crippen LogP contribution in [0.5, 0.6) is 11.5 Å². The molecule has 0 aromatic heterocycles. The number of nitrogens with one attached hydrogen (secondary N) is 1. The first-order chi connectivity index (χ1) is 12.6. The van der Waals surface area contributed by atoms with E-state index < -0.39 is 35.7 Å². The number of hydrogen-bond acceptors (Lipinski definition) is 5. The number of carbonyl (C=O) groups is 3. The van der Waals surface area contributed by atoms with Crippen molar-refractivity contribution in [3.8, 4) is 11.5 Å². The van der Waals surface area contributed by atoms with Crippen LogP contribution >= 0.6 is 0 Å². The van der Waals surface area contributed by atoms with E-state index in [1.54, 1.807) is 6.92 Å². The molecule has 142 valence electrons. The molecular formula is C19H19NO7. The van der Waals surface area contributed by atoms with Gasteiger partial charge in [-0.25, -0.2) is 4.79 Å². The molecule has 0 aliphatic carbocycles. The Balaban J connectivity index is 2.49. The SMILES string of the molecule is CC(C(=O)N[C@@H](CC(=O)O)C(=O)O)(c1ccc(O)cc1)c1ccc(O)cc1. The molecule has 1 amide bonds. The number of carbonyl (C=O) groups excluding carboxylic acids is 1. The summed E-state index contributed by atoms with van der Waals surface area (Å²) < 4.78 is 0. The maximum atomic E-state index is 13.0. The molecule has 8 nitrogen and oxygen atoms in total. The number of phenolic OH excluding ortho intramolecular Hbond substituents is 2. The molecule has 0 bridgehead atoms. The zero-order valence-electron chi connectivity index (χ0n) is 14.4. The Kier molecular flexibility index (Phi) is 5.69. The Morgan fingerprint density at radius 1 is 0.889 bits per heavy atom. The summed E-state index contributed by atoms with van der Waals surface area (Å²) in [5.74, 6) is -3.58. The molecule has 5 N–H and O–H groups in total. The van der Waals surface area contributed by atoms with E-state index in [9.17, 15) is 29.7 Å². The minimum atomic E-state index is -1.61. The van der Waals surface area contributed by atoms with Crippen molar-refractivity contribution >= 4 is 17.8 Å². The van der Waals surface area contributed by atoms with Crippen LogP contribution in [0.2, 0.25) is 0 Å². The van der Waals surface area contributed by atoms with E-state index in [1.165, 1.54) is 48.5 Å². The molecule has 0 aliphatic heterocycles. The molecule has 2 rings (SSSR count). The molecule has 0 unspecified atom stereocenters. The lowest BCUT2D eigenvalue weighted by atomic mass is 9.75. The molecule has 0 saturated heterocycles. The Hall–Kier alpha value is -3.55. The van der Waals surface area contributed by atoms with Crippen LogP contribution in [-0.2, 0) is 19.8 Å². The zero-order valence-corrected chi connectivity index (χ0v) is 14.4. The summed E-state index contributed by atoms with van der Waals surface area (Å²) in [6, 6.07) is 9.96.